The van der Waals surface area contributed by atoms with E-state index in [0.29, 0.717) is 12.2 Å². The molecule has 23 heavy (non-hydrogen) atoms. The summed E-state index contributed by atoms with van der Waals surface area (Å²) in [5, 5.41) is 0. The number of hydrogen-bond acceptors (Lipinski definition) is 4. The number of sulfonamides is 1. The lowest BCUT2D eigenvalue weighted by molar-refractivity contribution is 0.0526. The summed E-state index contributed by atoms with van der Waals surface area (Å²) >= 11 is 0. The van der Waals surface area contributed by atoms with Crippen molar-refractivity contribution in [1.82, 2.24) is 4.31 Å². The molecule has 0 spiro atoms. The first kappa shape index (κ1) is 17.9. The molecule has 0 N–H and O–H groups in total. The van der Waals surface area contributed by atoms with E-state index in [4.69, 9.17) is 4.74 Å². The van der Waals surface area contributed by atoms with Crippen molar-refractivity contribution in [3.05, 3.63) is 29.8 Å². The zero-order chi connectivity index (χ0) is 17.2. The molecule has 0 amide bonds. The molecule has 0 heterocycles. The molecular formula is C17H25NO4S. The zero-order valence-corrected chi connectivity index (χ0v) is 15.0. The smallest absolute Gasteiger partial charge is 0.338 e. The molecule has 1 aliphatic rings. The quantitative estimate of drug-likeness (QED) is 0.716. The molecule has 1 aromatic rings. The topological polar surface area (TPSA) is 63.7 Å². The monoisotopic (exact) mass is 339 g/mol. The van der Waals surface area contributed by atoms with E-state index in [-0.39, 0.29) is 22.9 Å². The number of benzene rings is 1. The van der Waals surface area contributed by atoms with Crippen LogP contribution in [0.1, 0.15) is 50.9 Å². The highest BCUT2D eigenvalue weighted by Gasteiger charge is 2.41. The van der Waals surface area contributed by atoms with Gasteiger partial charge in [-0.15, -0.1) is 0 Å². The first-order chi connectivity index (χ1) is 10.8. The minimum absolute atomic E-state index is 0.0581. The van der Waals surface area contributed by atoms with E-state index in [1.165, 1.54) is 24.3 Å². The van der Waals surface area contributed by atoms with Crippen LogP contribution in [0.2, 0.25) is 0 Å². The van der Waals surface area contributed by atoms with Crippen LogP contribution in [0.5, 0.6) is 0 Å². The first-order valence-electron chi connectivity index (χ1n) is 8.09. The van der Waals surface area contributed by atoms with Crippen molar-refractivity contribution in [3.63, 3.8) is 0 Å². The fraction of sp³-hybridized carbons (Fsp3) is 0.588. The minimum Gasteiger partial charge on any atom is -0.462 e. The molecule has 0 radical (unpaired) electrons. The second-order valence-corrected chi connectivity index (χ2v) is 8.14. The molecule has 1 aliphatic carbocycles. The highest BCUT2D eigenvalue weighted by atomic mass is 32.2. The fourth-order valence-corrected chi connectivity index (χ4v) is 4.48. The van der Waals surface area contributed by atoms with E-state index in [2.05, 4.69) is 0 Å². The normalized spacial score (nSPS) is 16.6. The third-order valence-electron chi connectivity index (χ3n) is 4.21. The minimum atomic E-state index is -3.56. The lowest BCUT2D eigenvalue weighted by Gasteiger charge is -2.31. The Labute approximate surface area is 138 Å². The number of nitrogens with zero attached hydrogens (tertiary/aromatic N) is 1. The molecule has 6 heteroatoms. The van der Waals surface area contributed by atoms with E-state index in [9.17, 15) is 13.2 Å². The third-order valence-corrected chi connectivity index (χ3v) is 6.27. The van der Waals surface area contributed by atoms with Gasteiger partial charge in [-0.05, 0) is 56.9 Å². The van der Waals surface area contributed by atoms with Gasteiger partial charge in [-0.3, -0.25) is 0 Å². The van der Waals surface area contributed by atoms with Gasteiger partial charge < -0.3 is 4.74 Å². The van der Waals surface area contributed by atoms with Crippen molar-refractivity contribution in [1.29, 1.82) is 0 Å². The number of carbonyl (C=O) groups is 1. The number of ether oxygens (including phenoxy) is 1. The maximum atomic E-state index is 13.0. The number of carbonyl (C=O) groups excluding carboxylic acids is 1. The second-order valence-electron chi connectivity index (χ2n) is 6.30. The van der Waals surface area contributed by atoms with Gasteiger partial charge >= 0.3 is 5.97 Å². The highest BCUT2D eigenvalue weighted by Crippen LogP contribution is 2.35. The van der Waals surface area contributed by atoms with Gasteiger partial charge in [0.25, 0.3) is 0 Å². The summed E-state index contributed by atoms with van der Waals surface area (Å²) in [5.74, 6) is -0.199. The Balaban J connectivity index is 2.29. The molecule has 5 nitrogen and oxygen atoms in total. The molecule has 0 saturated heterocycles. The lowest BCUT2D eigenvalue weighted by Crippen LogP contribution is -2.42. The Morgan fingerprint density at radius 1 is 1.22 bits per heavy atom. The van der Waals surface area contributed by atoms with Crippen LogP contribution in [0, 0.1) is 5.92 Å². The summed E-state index contributed by atoms with van der Waals surface area (Å²) in [7, 11) is -3.56. The van der Waals surface area contributed by atoms with Gasteiger partial charge in [0.2, 0.25) is 10.0 Å². The van der Waals surface area contributed by atoms with Gasteiger partial charge in [0.1, 0.15) is 0 Å². The largest absolute Gasteiger partial charge is 0.462 e. The van der Waals surface area contributed by atoms with E-state index in [1.54, 1.807) is 11.2 Å². The van der Waals surface area contributed by atoms with E-state index >= 15 is 0 Å². The molecule has 1 fully saturated rings. The number of hydrogen-bond donors (Lipinski definition) is 0. The van der Waals surface area contributed by atoms with Crippen LogP contribution in [0.15, 0.2) is 29.2 Å². The summed E-state index contributed by atoms with van der Waals surface area (Å²) in [5.41, 5.74) is 0.362. The van der Waals surface area contributed by atoms with Gasteiger partial charge in [-0.25, -0.2) is 13.2 Å². The van der Waals surface area contributed by atoms with Crippen molar-refractivity contribution in [3.8, 4) is 0 Å². The second kappa shape index (κ2) is 7.01. The maximum absolute atomic E-state index is 13.0. The molecule has 0 unspecified atom stereocenters. The van der Waals surface area contributed by atoms with Crippen LogP contribution in [-0.2, 0) is 14.8 Å². The average Bonchev–Trinajstić information content (AvgIpc) is 3.32. The predicted octanol–water partition coefficient (Wildman–Crippen LogP) is 3.06. The highest BCUT2D eigenvalue weighted by molar-refractivity contribution is 7.89. The van der Waals surface area contributed by atoms with Crippen LogP contribution in [0.3, 0.4) is 0 Å². The third kappa shape index (κ3) is 3.93. The van der Waals surface area contributed by atoms with Crippen LogP contribution < -0.4 is 0 Å². The summed E-state index contributed by atoms with van der Waals surface area (Å²) in [6.07, 6.45) is 1.83. The summed E-state index contributed by atoms with van der Waals surface area (Å²) in [6, 6.07) is 6.04. The van der Waals surface area contributed by atoms with E-state index in [0.717, 1.165) is 12.8 Å². The van der Waals surface area contributed by atoms with Crippen molar-refractivity contribution in [2.75, 3.05) is 6.61 Å². The summed E-state index contributed by atoms with van der Waals surface area (Å²) < 4.78 is 32.5. The Bertz CT molecular complexity index is 648. The van der Waals surface area contributed by atoms with Crippen molar-refractivity contribution in [2.45, 2.75) is 57.5 Å². The Kier molecular flexibility index (Phi) is 5.47. The van der Waals surface area contributed by atoms with Crippen molar-refractivity contribution >= 4 is 16.0 Å². The molecule has 0 bridgehead atoms. The predicted molar refractivity (Wildman–Crippen MR) is 88.7 cm³/mol. The SMILES string of the molecule is CCOC(=O)c1ccc(S(=O)(=O)N(C2CC2)[C@@H](C)C(C)C)cc1. The van der Waals surface area contributed by atoms with Crippen LogP contribution in [0.25, 0.3) is 0 Å². The van der Waals surface area contributed by atoms with Crippen molar-refractivity contribution < 1.29 is 17.9 Å². The number of esters is 1. The van der Waals surface area contributed by atoms with Gasteiger partial charge in [0, 0.05) is 12.1 Å². The molecule has 128 valence electrons. The lowest BCUT2D eigenvalue weighted by atomic mass is 10.1. The zero-order valence-electron chi connectivity index (χ0n) is 14.2. The van der Waals surface area contributed by atoms with Gasteiger partial charge in [-0.2, -0.15) is 4.31 Å². The number of rotatable bonds is 7. The summed E-state index contributed by atoms with van der Waals surface area (Å²) in [6.45, 7) is 8.03. The molecule has 1 saturated carbocycles. The van der Waals surface area contributed by atoms with Gasteiger partial charge in [0.15, 0.2) is 0 Å². The van der Waals surface area contributed by atoms with Crippen LogP contribution >= 0.6 is 0 Å². The first-order valence-corrected chi connectivity index (χ1v) is 9.53. The molecule has 1 aromatic carbocycles. The van der Waals surface area contributed by atoms with Gasteiger partial charge in [0.05, 0.1) is 17.1 Å². The molecule has 0 aromatic heterocycles. The standard InChI is InChI=1S/C17H25NO4S/c1-5-22-17(19)14-6-10-16(11-7-14)23(20,21)18(15-8-9-15)13(4)12(2)3/h6-7,10-13,15H,5,8-9H2,1-4H3/t13-/m0/s1. The molecule has 2 rings (SSSR count). The fourth-order valence-electron chi connectivity index (χ4n) is 2.47. The Morgan fingerprint density at radius 3 is 2.22 bits per heavy atom. The maximum Gasteiger partial charge on any atom is 0.338 e. The summed E-state index contributed by atoms with van der Waals surface area (Å²) in [4.78, 5) is 11.9. The van der Waals surface area contributed by atoms with Gasteiger partial charge in [-0.1, -0.05) is 13.8 Å². The van der Waals surface area contributed by atoms with Crippen molar-refractivity contribution in [2.24, 2.45) is 5.92 Å². The molecule has 1 atom stereocenters. The average molecular weight is 339 g/mol. The Hall–Kier alpha value is -1.40. The van der Waals surface area contributed by atoms with Crippen LogP contribution in [0.4, 0.5) is 0 Å². The molecular weight excluding hydrogens is 314 g/mol. The van der Waals surface area contributed by atoms with Crippen LogP contribution in [-0.4, -0.2) is 37.4 Å². The van der Waals surface area contributed by atoms with E-state index in [1.807, 2.05) is 20.8 Å². The van der Waals surface area contributed by atoms with E-state index < -0.39 is 16.0 Å². The molecule has 0 aliphatic heterocycles. The Morgan fingerprint density at radius 2 is 1.78 bits per heavy atom.